The Kier molecular flexibility index (Phi) is 7.99. The van der Waals surface area contributed by atoms with Gasteiger partial charge in [0.15, 0.2) is 0 Å². The van der Waals surface area contributed by atoms with Crippen molar-refractivity contribution in [1.82, 2.24) is 9.21 Å². The first kappa shape index (κ1) is 26.8. The number of nitrogens with zero attached hydrogens (tertiary/aromatic N) is 3. The Balaban J connectivity index is 1.55. The average Bonchev–Trinajstić information content (AvgIpc) is 2.84. The van der Waals surface area contributed by atoms with Crippen molar-refractivity contribution in [3.05, 3.63) is 94.3 Å². The van der Waals surface area contributed by atoms with Crippen LogP contribution in [0.2, 0.25) is 0 Å². The molecular formula is C29H34FN3O3S. The van der Waals surface area contributed by atoms with Gasteiger partial charge in [0.05, 0.1) is 11.4 Å². The Bertz CT molecular complexity index is 1340. The molecule has 4 rings (SSSR count). The lowest BCUT2D eigenvalue weighted by Crippen LogP contribution is -2.51. The predicted molar refractivity (Wildman–Crippen MR) is 145 cm³/mol. The van der Waals surface area contributed by atoms with E-state index in [1.54, 1.807) is 30.9 Å². The third-order valence-corrected chi connectivity index (χ3v) is 8.92. The highest BCUT2D eigenvalue weighted by atomic mass is 32.2. The van der Waals surface area contributed by atoms with Crippen LogP contribution in [0.1, 0.15) is 27.8 Å². The van der Waals surface area contributed by atoms with Crippen LogP contribution < -0.4 is 4.90 Å². The lowest BCUT2D eigenvalue weighted by atomic mass is 10.1. The van der Waals surface area contributed by atoms with Gasteiger partial charge in [-0.05, 0) is 68.7 Å². The van der Waals surface area contributed by atoms with Gasteiger partial charge in [-0.1, -0.05) is 47.5 Å². The van der Waals surface area contributed by atoms with Crippen molar-refractivity contribution in [2.75, 3.05) is 37.6 Å². The molecule has 1 aliphatic rings. The van der Waals surface area contributed by atoms with Crippen molar-refractivity contribution in [3.8, 4) is 0 Å². The summed E-state index contributed by atoms with van der Waals surface area (Å²) in [6.45, 7) is 9.52. The molecule has 0 aromatic heterocycles. The van der Waals surface area contributed by atoms with Crippen molar-refractivity contribution in [2.45, 2.75) is 39.1 Å². The first-order chi connectivity index (χ1) is 17.5. The fourth-order valence-electron chi connectivity index (χ4n) is 4.94. The molecule has 0 atom stereocenters. The summed E-state index contributed by atoms with van der Waals surface area (Å²) in [5, 5.41) is 0. The van der Waals surface area contributed by atoms with E-state index in [0.717, 1.165) is 22.4 Å². The number of carbonyl (C=O) groups excluding carboxylic acids is 1. The Morgan fingerprint density at radius 1 is 0.838 bits per heavy atom. The summed E-state index contributed by atoms with van der Waals surface area (Å²) in [5.41, 5.74) is 5.15. The minimum Gasteiger partial charge on any atom is -0.368 e. The molecule has 0 radical (unpaired) electrons. The maximum absolute atomic E-state index is 14.0. The van der Waals surface area contributed by atoms with Crippen molar-refractivity contribution in [2.24, 2.45) is 0 Å². The summed E-state index contributed by atoms with van der Waals surface area (Å²) in [6, 6.07) is 17.7. The summed E-state index contributed by atoms with van der Waals surface area (Å²) in [6.07, 6.45) is 0. The quantitative estimate of drug-likeness (QED) is 0.454. The summed E-state index contributed by atoms with van der Waals surface area (Å²) in [5.74, 6) is -0.511. The van der Waals surface area contributed by atoms with Gasteiger partial charge in [-0.25, -0.2) is 12.8 Å². The zero-order valence-electron chi connectivity index (χ0n) is 21.9. The lowest BCUT2D eigenvalue weighted by molar-refractivity contribution is -0.131. The number of rotatable bonds is 7. The molecule has 0 N–H and O–H groups in total. The Morgan fingerprint density at radius 3 is 1.97 bits per heavy atom. The minimum atomic E-state index is -3.94. The molecule has 0 unspecified atom stereocenters. The molecule has 8 heteroatoms. The molecule has 1 saturated heterocycles. The number of sulfonamides is 1. The SMILES string of the molecule is Cc1ccc(CN(CC(=O)N2CCN(c3ccc(F)cc3)CC2)S(=O)(=O)c2c(C)cc(C)cc2C)cc1. The van der Waals surface area contributed by atoms with E-state index in [-0.39, 0.29) is 29.7 Å². The van der Waals surface area contributed by atoms with Crippen molar-refractivity contribution in [1.29, 1.82) is 0 Å². The van der Waals surface area contributed by atoms with Gasteiger partial charge in [0.2, 0.25) is 15.9 Å². The monoisotopic (exact) mass is 523 g/mol. The van der Waals surface area contributed by atoms with Gasteiger partial charge in [0.1, 0.15) is 5.82 Å². The Hall–Kier alpha value is -3.23. The van der Waals surface area contributed by atoms with Crippen LogP contribution in [0.4, 0.5) is 10.1 Å². The molecule has 1 heterocycles. The van der Waals surface area contributed by atoms with Gasteiger partial charge in [-0.15, -0.1) is 0 Å². The average molecular weight is 524 g/mol. The number of halogens is 1. The van der Waals surface area contributed by atoms with Crippen LogP contribution in [0.25, 0.3) is 0 Å². The molecule has 1 amide bonds. The molecule has 37 heavy (non-hydrogen) atoms. The second-order valence-electron chi connectivity index (χ2n) is 9.83. The Labute approximate surface area is 219 Å². The van der Waals surface area contributed by atoms with Gasteiger partial charge < -0.3 is 9.80 Å². The molecule has 3 aromatic carbocycles. The molecule has 6 nitrogen and oxygen atoms in total. The van der Waals surface area contributed by atoms with Gasteiger partial charge >= 0.3 is 0 Å². The van der Waals surface area contributed by atoms with Gasteiger partial charge in [0, 0.05) is 38.4 Å². The molecule has 0 saturated carbocycles. The number of piperazine rings is 1. The molecule has 0 spiro atoms. The minimum absolute atomic E-state index is 0.108. The van der Waals surface area contributed by atoms with E-state index in [0.29, 0.717) is 37.3 Å². The highest BCUT2D eigenvalue weighted by Gasteiger charge is 2.32. The zero-order valence-corrected chi connectivity index (χ0v) is 22.7. The predicted octanol–water partition coefficient (Wildman–Crippen LogP) is 4.60. The number of amides is 1. The smallest absolute Gasteiger partial charge is 0.244 e. The van der Waals surface area contributed by atoms with Crippen LogP contribution in [0.5, 0.6) is 0 Å². The van der Waals surface area contributed by atoms with E-state index in [1.807, 2.05) is 50.2 Å². The van der Waals surface area contributed by atoms with Crippen LogP contribution >= 0.6 is 0 Å². The van der Waals surface area contributed by atoms with Crippen LogP contribution in [-0.4, -0.2) is 56.3 Å². The van der Waals surface area contributed by atoms with Crippen molar-refractivity contribution < 1.29 is 17.6 Å². The number of hydrogen-bond donors (Lipinski definition) is 0. The van der Waals surface area contributed by atoms with E-state index in [4.69, 9.17) is 0 Å². The van der Waals surface area contributed by atoms with Crippen LogP contribution in [-0.2, 0) is 21.4 Å². The van der Waals surface area contributed by atoms with E-state index in [2.05, 4.69) is 4.90 Å². The second-order valence-corrected chi connectivity index (χ2v) is 11.7. The molecule has 196 valence electrons. The number of benzene rings is 3. The van der Waals surface area contributed by atoms with Gasteiger partial charge in [-0.3, -0.25) is 4.79 Å². The van der Waals surface area contributed by atoms with E-state index in [1.165, 1.54) is 16.4 Å². The normalized spacial score (nSPS) is 14.3. The molecule has 1 aliphatic heterocycles. The van der Waals surface area contributed by atoms with Gasteiger partial charge in [0.25, 0.3) is 0 Å². The van der Waals surface area contributed by atoms with Crippen molar-refractivity contribution in [3.63, 3.8) is 0 Å². The van der Waals surface area contributed by atoms with E-state index in [9.17, 15) is 17.6 Å². The first-order valence-corrected chi connectivity index (χ1v) is 13.9. The summed E-state index contributed by atoms with van der Waals surface area (Å²) < 4.78 is 42.5. The fourth-order valence-corrected chi connectivity index (χ4v) is 6.73. The lowest BCUT2D eigenvalue weighted by Gasteiger charge is -2.37. The largest absolute Gasteiger partial charge is 0.368 e. The third-order valence-electron chi connectivity index (χ3n) is 6.82. The number of aryl methyl sites for hydroxylation is 4. The maximum Gasteiger partial charge on any atom is 0.244 e. The second kappa shape index (κ2) is 11.0. The first-order valence-electron chi connectivity index (χ1n) is 12.5. The Morgan fingerprint density at radius 2 is 1.41 bits per heavy atom. The van der Waals surface area contributed by atoms with Crippen molar-refractivity contribution >= 4 is 21.6 Å². The summed E-state index contributed by atoms with van der Waals surface area (Å²) in [7, 11) is -3.94. The van der Waals surface area contributed by atoms with Crippen LogP contribution in [0.3, 0.4) is 0 Å². The maximum atomic E-state index is 14.0. The van der Waals surface area contributed by atoms with Crippen LogP contribution in [0, 0.1) is 33.5 Å². The molecule has 1 fully saturated rings. The summed E-state index contributed by atoms with van der Waals surface area (Å²) >= 11 is 0. The van der Waals surface area contributed by atoms with E-state index >= 15 is 0 Å². The van der Waals surface area contributed by atoms with E-state index < -0.39 is 10.0 Å². The summed E-state index contributed by atoms with van der Waals surface area (Å²) in [4.78, 5) is 17.5. The highest BCUT2D eigenvalue weighted by Crippen LogP contribution is 2.27. The topological polar surface area (TPSA) is 60.9 Å². The number of hydrogen-bond acceptors (Lipinski definition) is 4. The third kappa shape index (κ3) is 6.19. The molecule has 0 aliphatic carbocycles. The zero-order chi connectivity index (χ0) is 26.7. The number of anilines is 1. The highest BCUT2D eigenvalue weighted by molar-refractivity contribution is 7.89. The molecule has 0 bridgehead atoms. The van der Waals surface area contributed by atoms with Gasteiger partial charge in [-0.2, -0.15) is 4.31 Å². The number of carbonyl (C=O) groups is 1. The molecular weight excluding hydrogens is 489 g/mol. The standard InChI is InChI=1S/C29H34FN3O3S/c1-21-5-7-25(8-6-21)19-33(37(35,36)29-23(3)17-22(2)18-24(29)4)20-28(34)32-15-13-31(14-16-32)27-11-9-26(30)10-12-27/h5-12,17-18H,13-16,19-20H2,1-4H3. The fraction of sp³-hybridized carbons (Fsp3) is 0.345. The molecule has 3 aromatic rings. The van der Waals surface area contributed by atoms with Crippen LogP contribution in [0.15, 0.2) is 65.6 Å².